The highest BCUT2D eigenvalue weighted by Crippen LogP contribution is 2.42. The van der Waals surface area contributed by atoms with Crippen LogP contribution in [-0.2, 0) is 0 Å². The Bertz CT molecular complexity index is 1020. The highest BCUT2D eigenvalue weighted by molar-refractivity contribution is 8.08. The van der Waals surface area contributed by atoms with Gasteiger partial charge in [-0.25, -0.2) is 8.78 Å². The number of allylic oxidation sites excluding steroid dienone is 2. The second kappa shape index (κ2) is 7.69. The molecule has 2 aromatic carbocycles. The average Bonchev–Trinajstić information content (AvgIpc) is 2.71. The fourth-order valence-corrected chi connectivity index (χ4v) is 4.66. The summed E-state index contributed by atoms with van der Waals surface area (Å²) in [6, 6.07) is 14.5. The Hall–Kier alpha value is -2.77. The molecule has 0 fully saturated rings. The molecule has 0 amide bonds. The van der Waals surface area contributed by atoms with Gasteiger partial charge in [-0.05, 0) is 60.7 Å². The van der Waals surface area contributed by atoms with Gasteiger partial charge >= 0.3 is 0 Å². The smallest absolute Gasteiger partial charge is 0.220 e. The van der Waals surface area contributed by atoms with E-state index >= 15 is 0 Å². The number of carbonyl (C=O) groups excluding carboxylic acids is 2. The van der Waals surface area contributed by atoms with E-state index in [1.54, 1.807) is 36.4 Å². The van der Waals surface area contributed by atoms with E-state index in [1.165, 1.54) is 30.5 Å². The molecular weight excluding hydrogens is 400 g/mol. The molecular formula is C21H11F2NO2S2. The molecule has 3 nitrogen and oxygen atoms in total. The van der Waals surface area contributed by atoms with Crippen molar-refractivity contribution in [2.45, 2.75) is 9.79 Å². The van der Waals surface area contributed by atoms with Gasteiger partial charge in [0.05, 0.1) is 15.4 Å². The van der Waals surface area contributed by atoms with Gasteiger partial charge < -0.3 is 0 Å². The first kappa shape index (κ1) is 18.6. The number of fused-ring (bicyclic) bond motifs is 1. The van der Waals surface area contributed by atoms with Crippen LogP contribution in [0.25, 0.3) is 0 Å². The van der Waals surface area contributed by atoms with Crippen LogP contribution in [-0.4, -0.2) is 16.6 Å². The predicted octanol–water partition coefficient (Wildman–Crippen LogP) is 5.54. The van der Waals surface area contributed by atoms with Gasteiger partial charge in [-0.1, -0.05) is 23.5 Å². The van der Waals surface area contributed by atoms with E-state index in [1.807, 2.05) is 0 Å². The lowest BCUT2D eigenvalue weighted by Gasteiger charge is -2.19. The maximum absolute atomic E-state index is 13.2. The van der Waals surface area contributed by atoms with Gasteiger partial charge in [0, 0.05) is 16.0 Å². The summed E-state index contributed by atoms with van der Waals surface area (Å²) in [5, 5.41) is 0. The van der Waals surface area contributed by atoms with E-state index in [9.17, 15) is 18.4 Å². The van der Waals surface area contributed by atoms with Crippen molar-refractivity contribution in [3.8, 4) is 0 Å². The van der Waals surface area contributed by atoms with Gasteiger partial charge in [0.2, 0.25) is 11.6 Å². The van der Waals surface area contributed by atoms with Crippen LogP contribution in [0.2, 0.25) is 0 Å². The number of thioether (sulfide) groups is 2. The molecule has 0 unspecified atom stereocenters. The fourth-order valence-electron chi connectivity index (χ4n) is 2.63. The third-order valence-corrected chi connectivity index (χ3v) is 6.29. The second-order valence-electron chi connectivity index (χ2n) is 5.83. The van der Waals surface area contributed by atoms with Crippen LogP contribution in [0, 0.1) is 11.6 Å². The van der Waals surface area contributed by atoms with Gasteiger partial charge in [0.15, 0.2) is 0 Å². The van der Waals surface area contributed by atoms with Gasteiger partial charge in [-0.3, -0.25) is 14.6 Å². The molecule has 0 radical (unpaired) electrons. The number of ketones is 2. The van der Waals surface area contributed by atoms with Crippen LogP contribution < -0.4 is 0 Å². The van der Waals surface area contributed by atoms with E-state index in [-0.39, 0.29) is 38.5 Å². The van der Waals surface area contributed by atoms with Crippen molar-refractivity contribution in [1.29, 1.82) is 0 Å². The first-order valence-electron chi connectivity index (χ1n) is 8.18. The molecule has 0 N–H and O–H groups in total. The van der Waals surface area contributed by atoms with Gasteiger partial charge in [-0.15, -0.1) is 0 Å². The molecule has 1 aliphatic rings. The van der Waals surface area contributed by atoms with Crippen molar-refractivity contribution in [2.24, 2.45) is 0 Å². The number of rotatable bonds is 4. The number of pyridine rings is 1. The lowest BCUT2D eigenvalue weighted by atomic mass is 10.00. The Labute approximate surface area is 167 Å². The molecule has 7 heteroatoms. The third-order valence-electron chi connectivity index (χ3n) is 3.95. The van der Waals surface area contributed by atoms with Crippen molar-refractivity contribution < 1.29 is 18.4 Å². The van der Waals surface area contributed by atoms with Crippen molar-refractivity contribution >= 4 is 35.1 Å². The summed E-state index contributed by atoms with van der Waals surface area (Å²) in [5.74, 6) is -1.46. The van der Waals surface area contributed by atoms with Crippen LogP contribution >= 0.6 is 23.5 Å². The summed E-state index contributed by atoms with van der Waals surface area (Å²) in [6.07, 6.45) is 1.46. The number of halogens is 2. The first-order chi connectivity index (χ1) is 13.5. The molecule has 4 rings (SSSR count). The Kier molecular flexibility index (Phi) is 5.11. The van der Waals surface area contributed by atoms with E-state index < -0.39 is 5.82 Å². The lowest BCUT2D eigenvalue weighted by Crippen LogP contribution is -2.21. The number of hydrogen-bond acceptors (Lipinski definition) is 5. The van der Waals surface area contributed by atoms with E-state index in [0.717, 1.165) is 23.5 Å². The van der Waals surface area contributed by atoms with Crippen LogP contribution in [0.4, 0.5) is 8.78 Å². The van der Waals surface area contributed by atoms with Crippen molar-refractivity contribution in [3.63, 3.8) is 0 Å². The van der Waals surface area contributed by atoms with E-state index in [0.29, 0.717) is 9.79 Å². The Balaban J connectivity index is 1.80. The largest absolute Gasteiger partial charge is 0.288 e. The van der Waals surface area contributed by atoms with Crippen LogP contribution in [0.5, 0.6) is 0 Å². The number of hydrogen-bond donors (Lipinski definition) is 0. The summed E-state index contributed by atoms with van der Waals surface area (Å²) in [6.45, 7) is 0. The quantitative estimate of drug-likeness (QED) is 0.565. The number of carbonyl (C=O) groups is 2. The Morgan fingerprint density at radius 3 is 1.71 bits per heavy atom. The molecule has 1 heterocycles. The van der Waals surface area contributed by atoms with Gasteiger partial charge in [0.1, 0.15) is 17.3 Å². The summed E-state index contributed by atoms with van der Waals surface area (Å²) in [4.78, 5) is 31.9. The zero-order valence-electron chi connectivity index (χ0n) is 14.2. The molecule has 0 bridgehead atoms. The molecule has 28 heavy (non-hydrogen) atoms. The second-order valence-corrected chi connectivity index (χ2v) is 8.00. The Morgan fingerprint density at radius 2 is 1.18 bits per heavy atom. The summed E-state index contributed by atoms with van der Waals surface area (Å²) in [7, 11) is 0. The zero-order chi connectivity index (χ0) is 19.7. The van der Waals surface area contributed by atoms with Crippen molar-refractivity contribution in [1.82, 2.24) is 4.98 Å². The molecule has 138 valence electrons. The number of nitrogens with zero attached hydrogens (tertiary/aromatic N) is 1. The van der Waals surface area contributed by atoms with E-state index in [2.05, 4.69) is 4.98 Å². The maximum atomic E-state index is 13.2. The number of benzene rings is 2. The number of Topliss-reactive ketones (excluding diaryl/α,β-unsaturated/α-hetero) is 2. The minimum absolute atomic E-state index is 0.0977. The zero-order valence-corrected chi connectivity index (χ0v) is 15.8. The highest BCUT2D eigenvalue weighted by Gasteiger charge is 2.34. The van der Waals surface area contributed by atoms with E-state index in [4.69, 9.17) is 0 Å². The summed E-state index contributed by atoms with van der Waals surface area (Å²) in [5.41, 5.74) is 0.334. The molecule has 3 aromatic rings. The molecule has 1 aromatic heterocycles. The molecule has 0 saturated carbocycles. The standard InChI is InChI=1S/C21H11F2NO2S2/c22-12-3-7-14(8-4-12)27-20-18(25)16-2-1-11-24-17(16)19(26)21(20)28-15-9-5-13(23)6-10-15/h1-11H. The lowest BCUT2D eigenvalue weighted by molar-refractivity contribution is 0.0984. The van der Waals surface area contributed by atoms with Crippen LogP contribution in [0.3, 0.4) is 0 Å². The third kappa shape index (κ3) is 3.63. The maximum Gasteiger partial charge on any atom is 0.220 e. The van der Waals surface area contributed by atoms with Crippen LogP contribution in [0.1, 0.15) is 20.8 Å². The average molecular weight is 411 g/mol. The van der Waals surface area contributed by atoms with Gasteiger partial charge in [0.25, 0.3) is 0 Å². The first-order valence-corrected chi connectivity index (χ1v) is 9.82. The van der Waals surface area contributed by atoms with Crippen LogP contribution in [0.15, 0.2) is 86.5 Å². The van der Waals surface area contributed by atoms with Crippen molar-refractivity contribution in [2.75, 3.05) is 0 Å². The molecule has 0 saturated heterocycles. The number of aromatic nitrogens is 1. The monoisotopic (exact) mass is 411 g/mol. The Morgan fingerprint density at radius 1 is 0.679 bits per heavy atom. The fraction of sp³-hybridized carbons (Fsp3) is 0. The molecule has 0 aliphatic heterocycles. The SMILES string of the molecule is O=C1C(Sc2ccc(F)cc2)=C(Sc2ccc(F)cc2)C(=O)c2ncccc21. The molecule has 0 spiro atoms. The summed E-state index contributed by atoms with van der Waals surface area (Å²) < 4.78 is 26.4. The summed E-state index contributed by atoms with van der Waals surface area (Å²) >= 11 is 2.19. The van der Waals surface area contributed by atoms with Crippen molar-refractivity contribution in [3.05, 3.63) is 99.6 Å². The normalized spacial score (nSPS) is 13.6. The minimum Gasteiger partial charge on any atom is -0.288 e. The molecule has 1 aliphatic carbocycles. The topological polar surface area (TPSA) is 47.0 Å². The minimum atomic E-state index is -0.391. The highest BCUT2D eigenvalue weighted by atomic mass is 32.2. The molecule has 0 atom stereocenters. The van der Waals surface area contributed by atoms with Gasteiger partial charge in [-0.2, -0.15) is 0 Å². The predicted molar refractivity (Wildman–Crippen MR) is 104 cm³/mol.